The van der Waals surface area contributed by atoms with Gasteiger partial charge >= 0.3 is 6.09 Å². The molecule has 2 N–H and O–H groups in total. The van der Waals surface area contributed by atoms with Crippen molar-refractivity contribution in [1.29, 1.82) is 0 Å². The van der Waals surface area contributed by atoms with Crippen LogP contribution in [0.5, 0.6) is 0 Å². The predicted molar refractivity (Wildman–Crippen MR) is 118 cm³/mol. The summed E-state index contributed by atoms with van der Waals surface area (Å²) in [5.74, 6) is -0.400. The highest BCUT2D eigenvalue weighted by Gasteiger charge is 2.44. The number of hydrogen-bond acceptors (Lipinski definition) is 4. The fourth-order valence-electron chi connectivity index (χ4n) is 4.34. The number of hydrogen-bond donors (Lipinski definition) is 2. The molecule has 172 valence electrons. The van der Waals surface area contributed by atoms with E-state index in [0.29, 0.717) is 11.4 Å². The van der Waals surface area contributed by atoms with Crippen LogP contribution >= 0.6 is 0 Å². The van der Waals surface area contributed by atoms with E-state index < -0.39 is 17.2 Å². The maximum atomic E-state index is 14.4. The Morgan fingerprint density at radius 2 is 1.91 bits per heavy atom. The number of benzene rings is 1. The van der Waals surface area contributed by atoms with Crippen LogP contribution in [0.3, 0.4) is 0 Å². The van der Waals surface area contributed by atoms with E-state index in [1.807, 2.05) is 6.92 Å². The lowest BCUT2D eigenvalue weighted by molar-refractivity contribution is 0.0502. The second-order valence-electron chi connectivity index (χ2n) is 9.99. The lowest BCUT2D eigenvalue weighted by Gasteiger charge is -2.31. The maximum absolute atomic E-state index is 14.4. The average molecular weight is 443 g/mol. The summed E-state index contributed by atoms with van der Waals surface area (Å²) in [4.78, 5) is 25.5. The van der Waals surface area contributed by atoms with Crippen molar-refractivity contribution < 1.29 is 18.7 Å². The highest BCUT2D eigenvalue weighted by molar-refractivity contribution is 5.95. The topological polar surface area (TPSA) is 85.2 Å². The van der Waals surface area contributed by atoms with Crippen molar-refractivity contribution in [2.75, 3.05) is 6.54 Å². The third-order valence-corrected chi connectivity index (χ3v) is 6.10. The molecular formula is C24H31FN4O3. The second-order valence-corrected chi connectivity index (χ2v) is 9.99. The minimum Gasteiger partial charge on any atom is -0.444 e. The zero-order chi connectivity index (χ0) is 23.1. The number of nitrogens with one attached hydrogen (secondary N) is 2. The summed E-state index contributed by atoms with van der Waals surface area (Å²) in [7, 11) is 0. The van der Waals surface area contributed by atoms with Crippen molar-refractivity contribution >= 4 is 12.0 Å². The molecule has 2 amide bonds. The van der Waals surface area contributed by atoms with E-state index in [1.165, 1.54) is 6.07 Å². The van der Waals surface area contributed by atoms with Gasteiger partial charge < -0.3 is 15.4 Å². The number of amides is 2. The summed E-state index contributed by atoms with van der Waals surface area (Å²) < 4.78 is 21.3. The predicted octanol–water partition coefficient (Wildman–Crippen LogP) is 3.92. The van der Waals surface area contributed by atoms with Crippen LogP contribution in [0.15, 0.2) is 24.3 Å². The third kappa shape index (κ3) is 4.64. The van der Waals surface area contributed by atoms with Crippen LogP contribution in [0.1, 0.15) is 68.7 Å². The molecule has 1 atom stereocenters. The first-order valence-corrected chi connectivity index (χ1v) is 11.2. The van der Waals surface area contributed by atoms with Crippen LogP contribution in [0, 0.1) is 11.7 Å². The number of ether oxygens (including phenoxy) is 1. The molecule has 0 spiro atoms. The molecule has 4 rings (SSSR count). The van der Waals surface area contributed by atoms with Gasteiger partial charge in [-0.25, -0.2) is 13.9 Å². The van der Waals surface area contributed by atoms with E-state index >= 15 is 0 Å². The van der Waals surface area contributed by atoms with Crippen molar-refractivity contribution in [2.24, 2.45) is 5.92 Å². The highest BCUT2D eigenvalue weighted by atomic mass is 19.1. The molecule has 1 aromatic carbocycles. The zero-order valence-corrected chi connectivity index (χ0v) is 19.1. The Morgan fingerprint density at radius 3 is 2.56 bits per heavy atom. The molecule has 2 aliphatic rings. The minimum absolute atomic E-state index is 0.258. The van der Waals surface area contributed by atoms with E-state index in [9.17, 15) is 14.0 Å². The Hall–Kier alpha value is -2.90. The van der Waals surface area contributed by atoms with Gasteiger partial charge in [0, 0.05) is 17.8 Å². The number of nitrogens with zero attached hydrogens (tertiary/aromatic N) is 2. The lowest BCUT2D eigenvalue weighted by Crippen LogP contribution is -2.55. The van der Waals surface area contributed by atoms with Gasteiger partial charge in [0.1, 0.15) is 17.1 Å². The fraction of sp³-hybridized carbons (Fsp3) is 0.542. The number of fused-ring (bicyclic) bond motifs is 1. The van der Waals surface area contributed by atoms with E-state index in [4.69, 9.17) is 4.74 Å². The van der Waals surface area contributed by atoms with Crippen LogP contribution in [-0.2, 0) is 17.6 Å². The first-order chi connectivity index (χ1) is 15.1. The number of carbonyl (C=O) groups excluding carboxylic acids is 2. The molecule has 7 nitrogen and oxygen atoms in total. The molecule has 2 aliphatic carbocycles. The first-order valence-electron chi connectivity index (χ1n) is 11.2. The quantitative estimate of drug-likeness (QED) is 0.710. The monoisotopic (exact) mass is 442 g/mol. The second kappa shape index (κ2) is 8.22. The highest BCUT2D eigenvalue weighted by Crippen LogP contribution is 2.40. The van der Waals surface area contributed by atoms with Crippen molar-refractivity contribution in [3.8, 4) is 5.69 Å². The largest absolute Gasteiger partial charge is 0.444 e. The molecule has 0 saturated heterocycles. The summed E-state index contributed by atoms with van der Waals surface area (Å²) in [5, 5.41) is 10.4. The molecule has 1 heterocycles. The Balaban J connectivity index is 1.54. The smallest absolute Gasteiger partial charge is 0.407 e. The molecule has 1 saturated carbocycles. The number of carbonyl (C=O) groups is 2. The van der Waals surface area contributed by atoms with Gasteiger partial charge in [-0.2, -0.15) is 5.10 Å². The van der Waals surface area contributed by atoms with Gasteiger partial charge in [0.25, 0.3) is 5.91 Å². The lowest BCUT2D eigenvalue weighted by atomic mass is 9.95. The zero-order valence-electron chi connectivity index (χ0n) is 19.1. The Morgan fingerprint density at radius 1 is 1.19 bits per heavy atom. The number of rotatable bonds is 6. The molecule has 1 fully saturated rings. The maximum Gasteiger partial charge on any atom is 0.407 e. The number of para-hydroxylation sites is 1. The van der Waals surface area contributed by atoms with Crippen molar-refractivity contribution in [1.82, 2.24) is 20.4 Å². The molecular weight excluding hydrogens is 411 g/mol. The van der Waals surface area contributed by atoms with Gasteiger partial charge in [0.05, 0.1) is 5.54 Å². The SMILES string of the molecule is CC(C)(C)OC(=O)NCC(C)(NC(=O)c1nn(-c2ccccc2F)c2c1CCC2)C1CC1. The van der Waals surface area contributed by atoms with E-state index in [0.717, 1.165) is 43.4 Å². The van der Waals surface area contributed by atoms with Gasteiger partial charge in [-0.1, -0.05) is 12.1 Å². The van der Waals surface area contributed by atoms with Gasteiger partial charge in [0.15, 0.2) is 5.69 Å². The number of aromatic nitrogens is 2. The minimum atomic E-state index is -0.624. The number of halogens is 1. The molecule has 8 heteroatoms. The summed E-state index contributed by atoms with van der Waals surface area (Å²) >= 11 is 0. The van der Waals surface area contributed by atoms with Crippen LogP contribution in [0.4, 0.5) is 9.18 Å². The van der Waals surface area contributed by atoms with Crippen LogP contribution < -0.4 is 10.6 Å². The van der Waals surface area contributed by atoms with Gasteiger partial charge in [0.2, 0.25) is 0 Å². The molecule has 2 aromatic rings. The summed E-state index contributed by atoms with van der Waals surface area (Å²) in [6.07, 6.45) is 3.85. The first kappa shape index (κ1) is 22.3. The third-order valence-electron chi connectivity index (χ3n) is 6.10. The van der Waals surface area contributed by atoms with Crippen LogP contribution in [0.2, 0.25) is 0 Å². The molecule has 0 aliphatic heterocycles. The molecule has 1 unspecified atom stereocenters. The standard InChI is InChI=1S/C24H31FN4O3/c1-23(2,3)32-22(31)26-14-24(4,15-12-13-15)27-21(30)20-16-8-7-11-18(16)29(28-20)19-10-6-5-9-17(19)25/h5-6,9-10,15H,7-8,11-14H2,1-4H3,(H,26,31)(H,27,30). The normalized spacial score (nSPS) is 17.4. The fourth-order valence-corrected chi connectivity index (χ4v) is 4.34. The summed E-state index contributed by atoms with van der Waals surface area (Å²) in [6.45, 7) is 7.62. The molecule has 0 radical (unpaired) electrons. The Kier molecular flexibility index (Phi) is 5.73. The molecule has 1 aromatic heterocycles. The van der Waals surface area contributed by atoms with Gasteiger partial charge in [-0.3, -0.25) is 4.79 Å². The van der Waals surface area contributed by atoms with Crippen molar-refractivity contribution in [3.63, 3.8) is 0 Å². The van der Waals surface area contributed by atoms with Gasteiger partial charge in [-0.05, 0) is 77.8 Å². The van der Waals surface area contributed by atoms with E-state index in [2.05, 4.69) is 15.7 Å². The average Bonchev–Trinajstić information content (AvgIpc) is 3.36. The van der Waals surface area contributed by atoms with E-state index in [-0.39, 0.29) is 24.2 Å². The Bertz CT molecular complexity index is 1040. The van der Waals surface area contributed by atoms with Crippen LogP contribution in [-0.4, -0.2) is 39.5 Å². The molecule has 32 heavy (non-hydrogen) atoms. The Labute approximate surface area is 187 Å². The van der Waals surface area contributed by atoms with Crippen molar-refractivity contribution in [3.05, 3.63) is 47.0 Å². The molecule has 0 bridgehead atoms. The number of alkyl carbamates (subject to hydrolysis) is 1. The van der Waals surface area contributed by atoms with Crippen LogP contribution in [0.25, 0.3) is 5.69 Å². The van der Waals surface area contributed by atoms with Crippen molar-refractivity contribution in [2.45, 2.75) is 70.9 Å². The summed E-state index contributed by atoms with van der Waals surface area (Å²) in [5.41, 5.74) is 1.24. The van der Waals surface area contributed by atoms with E-state index in [1.54, 1.807) is 43.7 Å². The van der Waals surface area contributed by atoms with Gasteiger partial charge in [-0.15, -0.1) is 0 Å². The summed E-state index contributed by atoms with van der Waals surface area (Å²) in [6, 6.07) is 6.45.